The average Bonchev–Trinajstić information content (AvgIpc) is 2.63. The van der Waals surface area contributed by atoms with Crippen molar-refractivity contribution in [3.8, 4) is 0 Å². The van der Waals surface area contributed by atoms with Crippen molar-refractivity contribution < 1.29 is 14.4 Å². The van der Waals surface area contributed by atoms with Crippen LogP contribution in [0.5, 0.6) is 0 Å². The van der Waals surface area contributed by atoms with E-state index in [9.17, 15) is 14.4 Å². The molecule has 1 aliphatic heterocycles. The number of hydrogen-bond donors (Lipinski definition) is 1. The molecule has 1 aliphatic rings. The molecule has 5 nitrogen and oxygen atoms in total. The summed E-state index contributed by atoms with van der Waals surface area (Å²) in [4.78, 5) is 37.0. The molecular formula is C15H18N2O3. The van der Waals surface area contributed by atoms with Gasteiger partial charge in [0.25, 0.3) is 11.7 Å². The lowest BCUT2D eigenvalue weighted by atomic mass is 10.1. The molecule has 0 radical (unpaired) electrons. The summed E-state index contributed by atoms with van der Waals surface area (Å²) in [7, 11) is 0. The van der Waals surface area contributed by atoms with Gasteiger partial charge in [0.15, 0.2) is 0 Å². The SMILES string of the molecule is Cc1cccc2c1N(CC(=O)NCC(C)C)C(=O)C2=O. The number of para-hydroxylation sites is 1. The first-order chi connectivity index (χ1) is 9.41. The van der Waals surface area contributed by atoms with Gasteiger partial charge in [-0.25, -0.2) is 0 Å². The zero-order valence-electron chi connectivity index (χ0n) is 11.9. The average molecular weight is 274 g/mol. The second kappa shape index (κ2) is 5.45. The predicted octanol–water partition coefficient (Wildman–Crippen LogP) is 1.30. The minimum absolute atomic E-state index is 0.116. The second-order valence-electron chi connectivity index (χ2n) is 5.39. The van der Waals surface area contributed by atoms with E-state index >= 15 is 0 Å². The summed E-state index contributed by atoms with van der Waals surface area (Å²) in [5.41, 5.74) is 1.76. The molecule has 20 heavy (non-hydrogen) atoms. The number of benzene rings is 1. The number of nitrogens with zero attached hydrogens (tertiary/aromatic N) is 1. The quantitative estimate of drug-likeness (QED) is 0.841. The lowest BCUT2D eigenvalue weighted by Crippen LogP contribution is -2.41. The van der Waals surface area contributed by atoms with E-state index in [0.717, 1.165) is 5.56 Å². The van der Waals surface area contributed by atoms with Gasteiger partial charge in [-0.2, -0.15) is 0 Å². The van der Waals surface area contributed by atoms with E-state index in [4.69, 9.17) is 0 Å². The first-order valence-electron chi connectivity index (χ1n) is 6.64. The highest BCUT2D eigenvalue weighted by molar-refractivity contribution is 6.52. The summed E-state index contributed by atoms with van der Waals surface area (Å²) in [6.45, 7) is 6.24. The van der Waals surface area contributed by atoms with Crippen LogP contribution in [0.1, 0.15) is 29.8 Å². The van der Waals surface area contributed by atoms with Crippen molar-refractivity contribution in [1.82, 2.24) is 5.32 Å². The van der Waals surface area contributed by atoms with Gasteiger partial charge in [0.2, 0.25) is 5.91 Å². The molecule has 0 fully saturated rings. The molecule has 1 heterocycles. The van der Waals surface area contributed by atoms with Crippen molar-refractivity contribution in [1.29, 1.82) is 0 Å². The van der Waals surface area contributed by atoms with Crippen molar-refractivity contribution in [3.05, 3.63) is 29.3 Å². The Balaban J connectivity index is 2.20. The second-order valence-corrected chi connectivity index (χ2v) is 5.39. The monoisotopic (exact) mass is 274 g/mol. The molecule has 0 saturated heterocycles. The zero-order chi connectivity index (χ0) is 14.9. The highest BCUT2D eigenvalue weighted by Crippen LogP contribution is 2.31. The number of aryl methyl sites for hydroxylation is 1. The number of carbonyl (C=O) groups is 3. The third kappa shape index (κ3) is 2.57. The maximum Gasteiger partial charge on any atom is 0.299 e. The van der Waals surface area contributed by atoms with Crippen molar-refractivity contribution in [2.45, 2.75) is 20.8 Å². The number of amides is 2. The van der Waals surface area contributed by atoms with E-state index in [1.54, 1.807) is 12.1 Å². The number of fused-ring (bicyclic) bond motifs is 1. The van der Waals surface area contributed by atoms with E-state index < -0.39 is 11.7 Å². The molecule has 106 valence electrons. The maximum absolute atomic E-state index is 12.0. The Morgan fingerprint density at radius 3 is 2.65 bits per heavy atom. The maximum atomic E-state index is 12.0. The number of anilines is 1. The van der Waals surface area contributed by atoms with Gasteiger partial charge in [-0.15, -0.1) is 0 Å². The van der Waals surface area contributed by atoms with Crippen LogP contribution in [0.3, 0.4) is 0 Å². The van der Waals surface area contributed by atoms with Gasteiger partial charge in [0, 0.05) is 6.54 Å². The summed E-state index contributed by atoms with van der Waals surface area (Å²) in [6, 6.07) is 5.18. The van der Waals surface area contributed by atoms with Crippen LogP contribution in [0.25, 0.3) is 0 Å². The van der Waals surface area contributed by atoms with E-state index in [1.807, 2.05) is 26.8 Å². The third-order valence-corrected chi connectivity index (χ3v) is 3.20. The first-order valence-corrected chi connectivity index (χ1v) is 6.64. The highest BCUT2D eigenvalue weighted by atomic mass is 16.2. The van der Waals surface area contributed by atoms with Crippen LogP contribution >= 0.6 is 0 Å². The minimum atomic E-state index is -0.631. The largest absolute Gasteiger partial charge is 0.354 e. The smallest absolute Gasteiger partial charge is 0.299 e. The van der Waals surface area contributed by atoms with Crippen molar-refractivity contribution in [2.75, 3.05) is 18.0 Å². The van der Waals surface area contributed by atoms with Crippen molar-refractivity contribution in [3.63, 3.8) is 0 Å². The Morgan fingerprint density at radius 1 is 1.30 bits per heavy atom. The number of Topliss-reactive ketones (excluding diaryl/α,β-unsaturated/α-hetero) is 1. The summed E-state index contributed by atoms with van der Waals surface area (Å²) in [6.07, 6.45) is 0. The fraction of sp³-hybridized carbons (Fsp3) is 0.400. The Bertz CT molecular complexity index is 578. The molecular weight excluding hydrogens is 256 g/mol. The van der Waals surface area contributed by atoms with Gasteiger partial charge in [-0.3, -0.25) is 19.3 Å². The molecule has 2 rings (SSSR count). The summed E-state index contributed by atoms with van der Waals surface area (Å²) in [5.74, 6) is -1.09. The molecule has 0 aromatic heterocycles. The molecule has 0 aliphatic carbocycles. The number of nitrogens with one attached hydrogen (secondary N) is 1. The van der Waals surface area contributed by atoms with Crippen molar-refractivity contribution in [2.24, 2.45) is 5.92 Å². The van der Waals surface area contributed by atoms with E-state index in [0.29, 0.717) is 23.7 Å². The molecule has 2 amide bonds. The van der Waals surface area contributed by atoms with Crippen LogP contribution in [0.4, 0.5) is 5.69 Å². The van der Waals surface area contributed by atoms with Gasteiger partial charge in [0.05, 0.1) is 11.3 Å². The van der Waals surface area contributed by atoms with Crippen LogP contribution in [0, 0.1) is 12.8 Å². The summed E-state index contributed by atoms with van der Waals surface area (Å²) < 4.78 is 0. The van der Waals surface area contributed by atoms with E-state index in [-0.39, 0.29) is 12.5 Å². The molecule has 0 atom stereocenters. The zero-order valence-corrected chi connectivity index (χ0v) is 11.9. The molecule has 0 bridgehead atoms. The molecule has 1 aromatic carbocycles. The van der Waals surface area contributed by atoms with Crippen LogP contribution < -0.4 is 10.2 Å². The highest BCUT2D eigenvalue weighted by Gasteiger charge is 2.37. The Morgan fingerprint density at radius 2 is 2.00 bits per heavy atom. The van der Waals surface area contributed by atoms with Crippen LogP contribution in [-0.4, -0.2) is 30.7 Å². The summed E-state index contributed by atoms with van der Waals surface area (Å²) >= 11 is 0. The van der Waals surface area contributed by atoms with Gasteiger partial charge < -0.3 is 5.32 Å². The lowest BCUT2D eigenvalue weighted by molar-refractivity contribution is -0.122. The molecule has 0 unspecified atom stereocenters. The van der Waals surface area contributed by atoms with Gasteiger partial charge in [-0.05, 0) is 24.5 Å². The van der Waals surface area contributed by atoms with Crippen LogP contribution in [0.2, 0.25) is 0 Å². The summed E-state index contributed by atoms with van der Waals surface area (Å²) in [5, 5.41) is 2.75. The van der Waals surface area contributed by atoms with E-state index in [1.165, 1.54) is 4.90 Å². The topological polar surface area (TPSA) is 66.5 Å². The molecule has 0 spiro atoms. The molecule has 5 heteroatoms. The normalized spacial score (nSPS) is 13.9. The number of hydrogen-bond acceptors (Lipinski definition) is 3. The predicted molar refractivity (Wildman–Crippen MR) is 75.7 cm³/mol. The van der Waals surface area contributed by atoms with E-state index in [2.05, 4.69) is 5.32 Å². The third-order valence-electron chi connectivity index (χ3n) is 3.20. The number of carbonyl (C=O) groups excluding carboxylic acids is 3. The molecule has 0 saturated carbocycles. The number of ketones is 1. The van der Waals surface area contributed by atoms with Crippen molar-refractivity contribution >= 4 is 23.3 Å². The standard InChI is InChI=1S/C15H18N2O3/c1-9(2)7-16-12(18)8-17-13-10(3)5-4-6-11(13)14(19)15(17)20/h4-6,9H,7-8H2,1-3H3,(H,16,18). The van der Waals surface area contributed by atoms with Gasteiger partial charge in [-0.1, -0.05) is 26.0 Å². The molecule has 1 N–H and O–H groups in total. The Kier molecular flexibility index (Phi) is 3.88. The fourth-order valence-corrected chi connectivity index (χ4v) is 2.21. The number of rotatable bonds is 4. The Hall–Kier alpha value is -2.17. The molecule has 1 aromatic rings. The van der Waals surface area contributed by atoms with Crippen LogP contribution in [0.15, 0.2) is 18.2 Å². The van der Waals surface area contributed by atoms with Gasteiger partial charge in [0.1, 0.15) is 6.54 Å². The van der Waals surface area contributed by atoms with Gasteiger partial charge >= 0.3 is 0 Å². The Labute approximate surface area is 118 Å². The lowest BCUT2D eigenvalue weighted by Gasteiger charge is -2.18. The fourth-order valence-electron chi connectivity index (χ4n) is 2.21. The minimum Gasteiger partial charge on any atom is -0.354 e. The van der Waals surface area contributed by atoms with Crippen LogP contribution in [-0.2, 0) is 9.59 Å². The first kappa shape index (κ1) is 14.2.